The number of amides is 5. The minimum atomic E-state index is -1.47. The van der Waals surface area contributed by atoms with Crippen LogP contribution in [-0.2, 0) is 9.59 Å². The van der Waals surface area contributed by atoms with Gasteiger partial charge in [0, 0.05) is 24.7 Å². The van der Waals surface area contributed by atoms with Crippen LogP contribution in [0, 0.1) is 15.5 Å². The molecule has 132 valence electrons. The molecule has 0 radical (unpaired) electrons. The highest BCUT2D eigenvalue weighted by molar-refractivity contribution is 6.27. The number of nitrogens with zero attached hydrogens (tertiary/aromatic N) is 3. The molecule has 1 fully saturated rings. The lowest BCUT2D eigenvalue weighted by atomic mass is 9.78. The molecular weight excluding hydrogens is 330 g/mol. The van der Waals surface area contributed by atoms with E-state index < -0.39 is 34.1 Å². The van der Waals surface area contributed by atoms with Crippen LogP contribution in [0.4, 0.5) is 10.5 Å². The van der Waals surface area contributed by atoms with E-state index in [1.54, 1.807) is 13.8 Å². The Morgan fingerprint density at radius 2 is 1.60 bits per heavy atom. The van der Waals surface area contributed by atoms with Gasteiger partial charge in [-0.25, -0.2) is 4.79 Å². The molecule has 1 heterocycles. The Morgan fingerprint density at radius 1 is 1.08 bits per heavy atom. The van der Waals surface area contributed by atoms with E-state index in [2.05, 4.69) is 0 Å². The first-order chi connectivity index (χ1) is 11.7. The topological polar surface area (TPSA) is 118 Å². The predicted molar refractivity (Wildman–Crippen MR) is 85.5 cm³/mol. The van der Waals surface area contributed by atoms with Crippen molar-refractivity contribution in [2.45, 2.75) is 26.7 Å². The summed E-state index contributed by atoms with van der Waals surface area (Å²) in [5, 5.41) is 10.7. The van der Waals surface area contributed by atoms with Crippen molar-refractivity contribution in [3.8, 4) is 0 Å². The molecule has 0 unspecified atom stereocenters. The zero-order valence-corrected chi connectivity index (χ0v) is 14.0. The molecule has 9 nitrogen and oxygen atoms in total. The Kier molecular flexibility index (Phi) is 4.69. The van der Waals surface area contributed by atoms with Crippen LogP contribution < -0.4 is 0 Å². The number of rotatable bonds is 4. The minimum Gasteiger partial charge on any atom is -0.273 e. The Labute approximate surface area is 143 Å². The lowest BCUT2D eigenvalue weighted by Gasteiger charge is -2.41. The van der Waals surface area contributed by atoms with Crippen LogP contribution in [-0.4, -0.2) is 45.5 Å². The molecule has 1 aliphatic heterocycles. The monoisotopic (exact) mass is 347 g/mol. The SMILES string of the molecule is CCC1(CC)C(=O)N(C)C(=O)N(C(=O)c2ccc([N+](=O)[O-])cc2)C1=O. The number of non-ortho nitro benzene ring substituents is 1. The highest BCUT2D eigenvalue weighted by Gasteiger charge is 2.56. The summed E-state index contributed by atoms with van der Waals surface area (Å²) in [7, 11) is 1.22. The fourth-order valence-electron chi connectivity index (χ4n) is 2.84. The van der Waals surface area contributed by atoms with Crippen LogP contribution in [0.3, 0.4) is 0 Å². The molecule has 0 atom stereocenters. The number of hydrogen-bond acceptors (Lipinski definition) is 6. The van der Waals surface area contributed by atoms with Gasteiger partial charge in [-0.3, -0.25) is 29.4 Å². The smallest absolute Gasteiger partial charge is 0.273 e. The normalized spacial score (nSPS) is 17.0. The average molecular weight is 347 g/mol. The van der Waals surface area contributed by atoms with E-state index in [4.69, 9.17) is 0 Å². The maximum absolute atomic E-state index is 12.8. The van der Waals surface area contributed by atoms with Crippen LogP contribution >= 0.6 is 0 Å². The molecular formula is C16H17N3O6. The number of nitro benzene ring substituents is 1. The van der Waals surface area contributed by atoms with Gasteiger partial charge in [0.2, 0.25) is 5.91 Å². The third-order valence-corrected chi connectivity index (χ3v) is 4.54. The number of urea groups is 1. The molecule has 0 bridgehead atoms. The summed E-state index contributed by atoms with van der Waals surface area (Å²) in [5.74, 6) is -2.43. The fraction of sp³-hybridized carbons (Fsp3) is 0.375. The fourth-order valence-corrected chi connectivity index (χ4v) is 2.84. The first kappa shape index (κ1) is 18.2. The van der Waals surface area contributed by atoms with Gasteiger partial charge in [-0.15, -0.1) is 0 Å². The van der Waals surface area contributed by atoms with Gasteiger partial charge in [0.1, 0.15) is 5.41 Å². The van der Waals surface area contributed by atoms with Gasteiger partial charge in [-0.2, -0.15) is 4.90 Å². The second-order valence-electron chi connectivity index (χ2n) is 5.69. The van der Waals surface area contributed by atoms with Crippen molar-refractivity contribution in [3.63, 3.8) is 0 Å². The lowest BCUT2D eigenvalue weighted by Crippen LogP contribution is -2.65. The largest absolute Gasteiger partial charge is 0.340 e. The Bertz CT molecular complexity index is 767. The van der Waals surface area contributed by atoms with Gasteiger partial charge in [-0.1, -0.05) is 13.8 Å². The van der Waals surface area contributed by atoms with Crippen LogP contribution in [0.5, 0.6) is 0 Å². The molecule has 0 aromatic heterocycles. The zero-order valence-electron chi connectivity index (χ0n) is 14.0. The van der Waals surface area contributed by atoms with Gasteiger partial charge < -0.3 is 0 Å². The number of imide groups is 4. The molecule has 1 aromatic rings. The first-order valence-electron chi connectivity index (χ1n) is 7.66. The molecule has 1 aliphatic rings. The average Bonchev–Trinajstić information content (AvgIpc) is 2.61. The summed E-state index contributed by atoms with van der Waals surface area (Å²) in [6, 6.07) is 3.51. The van der Waals surface area contributed by atoms with Crippen molar-refractivity contribution in [1.29, 1.82) is 0 Å². The summed E-state index contributed by atoms with van der Waals surface area (Å²) in [4.78, 5) is 61.5. The number of carbonyl (C=O) groups is 4. The van der Waals surface area contributed by atoms with Crippen LogP contribution in [0.2, 0.25) is 0 Å². The van der Waals surface area contributed by atoms with E-state index in [-0.39, 0.29) is 24.1 Å². The molecule has 0 saturated carbocycles. The molecule has 1 saturated heterocycles. The maximum atomic E-state index is 12.8. The Hall–Kier alpha value is -3.10. The quantitative estimate of drug-likeness (QED) is 0.355. The Morgan fingerprint density at radius 3 is 2.04 bits per heavy atom. The Balaban J connectivity index is 2.46. The second-order valence-corrected chi connectivity index (χ2v) is 5.69. The van der Waals surface area contributed by atoms with Gasteiger partial charge in [0.15, 0.2) is 0 Å². The van der Waals surface area contributed by atoms with E-state index in [0.717, 1.165) is 29.2 Å². The zero-order chi connectivity index (χ0) is 18.9. The standard InChI is InChI=1S/C16H17N3O6/c1-4-16(5-2)13(21)17(3)15(23)18(14(16)22)12(20)10-6-8-11(9-7-10)19(24)25/h6-9H,4-5H2,1-3H3. The van der Waals surface area contributed by atoms with E-state index >= 15 is 0 Å². The molecule has 0 N–H and O–H groups in total. The predicted octanol–water partition coefficient (Wildman–Crippen LogP) is 1.96. The van der Waals surface area contributed by atoms with Gasteiger partial charge in [0.05, 0.1) is 4.92 Å². The molecule has 5 amide bonds. The van der Waals surface area contributed by atoms with Crippen molar-refractivity contribution >= 4 is 29.4 Å². The lowest BCUT2D eigenvalue weighted by molar-refractivity contribution is -0.384. The number of hydrogen-bond donors (Lipinski definition) is 0. The minimum absolute atomic E-state index is 0.0591. The van der Waals surface area contributed by atoms with Crippen molar-refractivity contribution < 1.29 is 24.1 Å². The third kappa shape index (κ3) is 2.67. The van der Waals surface area contributed by atoms with E-state index in [0.29, 0.717) is 4.90 Å². The van der Waals surface area contributed by atoms with Crippen molar-refractivity contribution in [2.75, 3.05) is 7.05 Å². The van der Waals surface area contributed by atoms with E-state index in [1.807, 2.05) is 0 Å². The molecule has 1 aromatic carbocycles. The molecule has 25 heavy (non-hydrogen) atoms. The number of benzene rings is 1. The van der Waals surface area contributed by atoms with Crippen LogP contribution in [0.15, 0.2) is 24.3 Å². The summed E-state index contributed by atoms with van der Waals surface area (Å²) in [5.41, 5.74) is -1.76. The van der Waals surface area contributed by atoms with E-state index in [9.17, 15) is 29.3 Å². The van der Waals surface area contributed by atoms with Gasteiger partial charge in [0.25, 0.3) is 17.5 Å². The third-order valence-electron chi connectivity index (χ3n) is 4.54. The first-order valence-corrected chi connectivity index (χ1v) is 7.66. The maximum Gasteiger partial charge on any atom is 0.340 e. The van der Waals surface area contributed by atoms with Crippen molar-refractivity contribution in [2.24, 2.45) is 5.41 Å². The van der Waals surface area contributed by atoms with Gasteiger partial charge in [-0.05, 0) is 25.0 Å². The highest BCUT2D eigenvalue weighted by atomic mass is 16.6. The highest BCUT2D eigenvalue weighted by Crippen LogP contribution is 2.36. The molecule has 0 aliphatic carbocycles. The van der Waals surface area contributed by atoms with Crippen LogP contribution in [0.25, 0.3) is 0 Å². The van der Waals surface area contributed by atoms with Crippen molar-refractivity contribution in [3.05, 3.63) is 39.9 Å². The second kappa shape index (κ2) is 6.42. The number of nitro groups is 1. The van der Waals surface area contributed by atoms with Crippen molar-refractivity contribution in [1.82, 2.24) is 9.80 Å². The summed E-state index contributed by atoms with van der Waals surface area (Å²) in [6.07, 6.45) is 0.283. The number of carbonyl (C=O) groups excluding carboxylic acids is 4. The number of barbiturate groups is 1. The summed E-state index contributed by atoms with van der Waals surface area (Å²) in [6.45, 7) is 3.27. The summed E-state index contributed by atoms with van der Waals surface area (Å²) < 4.78 is 0. The molecule has 2 rings (SSSR count). The summed E-state index contributed by atoms with van der Waals surface area (Å²) >= 11 is 0. The molecule has 0 spiro atoms. The van der Waals surface area contributed by atoms with Gasteiger partial charge >= 0.3 is 6.03 Å². The van der Waals surface area contributed by atoms with E-state index in [1.165, 1.54) is 7.05 Å². The molecule has 9 heteroatoms. The van der Waals surface area contributed by atoms with Crippen LogP contribution in [0.1, 0.15) is 37.0 Å².